The molecule has 2 amide bonds. The van der Waals surface area contributed by atoms with Gasteiger partial charge in [-0.15, -0.1) is 0 Å². The van der Waals surface area contributed by atoms with Gasteiger partial charge in [0.2, 0.25) is 0 Å². The zero-order chi connectivity index (χ0) is 16.5. The molecule has 0 unspecified atom stereocenters. The van der Waals surface area contributed by atoms with Gasteiger partial charge in [0.1, 0.15) is 5.75 Å². The number of rotatable bonds is 7. The molecule has 0 bridgehead atoms. The quantitative estimate of drug-likeness (QED) is 0.758. The second-order valence-electron chi connectivity index (χ2n) is 5.19. The second-order valence-corrected chi connectivity index (χ2v) is 5.63. The number of nitrogens with one attached hydrogen (secondary N) is 2. The lowest BCUT2D eigenvalue weighted by Crippen LogP contribution is -2.35. The zero-order valence-electron chi connectivity index (χ0n) is 13.1. The average Bonchev–Trinajstić information content (AvgIpc) is 2.57. The standard InChI is InChI=1S/C18H21ClN2O2/c1-23-17-9-7-14(8-10-17)5-3-11-20-18(22)21-13-15-4-2-6-16(19)12-15/h2,4,6-10,12H,3,5,11,13H2,1H3,(H2,20,21,22). The first kappa shape index (κ1) is 17.2. The Labute approximate surface area is 141 Å². The molecule has 0 saturated carbocycles. The van der Waals surface area contributed by atoms with E-state index >= 15 is 0 Å². The van der Waals surface area contributed by atoms with Crippen LogP contribution in [0.25, 0.3) is 0 Å². The van der Waals surface area contributed by atoms with E-state index < -0.39 is 0 Å². The highest BCUT2D eigenvalue weighted by molar-refractivity contribution is 6.30. The van der Waals surface area contributed by atoms with Gasteiger partial charge < -0.3 is 15.4 Å². The lowest BCUT2D eigenvalue weighted by molar-refractivity contribution is 0.240. The molecular weight excluding hydrogens is 312 g/mol. The average molecular weight is 333 g/mol. The number of carbonyl (C=O) groups excluding carboxylic acids is 1. The largest absolute Gasteiger partial charge is 0.497 e. The maximum Gasteiger partial charge on any atom is 0.315 e. The monoisotopic (exact) mass is 332 g/mol. The van der Waals surface area contributed by atoms with Gasteiger partial charge in [-0.25, -0.2) is 4.79 Å². The lowest BCUT2D eigenvalue weighted by Gasteiger charge is -2.08. The highest BCUT2D eigenvalue weighted by atomic mass is 35.5. The molecule has 23 heavy (non-hydrogen) atoms. The van der Waals surface area contributed by atoms with Gasteiger partial charge in [-0.2, -0.15) is 0 Å². The van der Waals surface area contributed by atoms with Crippen molar-refractivity contribution in [3.63, 3.8) is 0 Å². The summed E-state index contributed by atoms with van der Waals surface area (Å²) < 4.78 is 5.12. The van der Waals surface area contributed by atoms with Gasteiger partial charge in [0.05, 0.1) is 7.11 Å². The number of benzene rings is 2. The van der Waals surface area contributed by atoms with E-state index in [-0.39, 0.29) is 6.03 Å². The first-order valence-electron chi connectivity index (χ1n) is 7.56. The van der Waals surface area contributed by atoms with Crippen LogP contribution in [0.15, 0.2) is 48.5 Å². The third-order valence-electron chi connectivity index (χ3n) is 3.43. The van der Waals surface area contributed by atoms with Crippen LogP contribution < -0.4 is 15.4 Å². The van der Waals surface area contributed by atoms with Crippen molar-refractivity contribution < 1.29 is 9.53 Å². The molecule has 0 saturated heterocycles. The molecule has 0 aliphatic heterocycles. The Morgan fingerprint density at radius 2 is 1.87 bits per heavy atom. The van der Waals surface area contributed by atoms with Gasteiger partial charge in [-0.05, 0) is 48.2 Å². The maximum absolute atomic E-state index is 11.7. The molecule has 0 radical (unpaired) electrons. The number of ether oxygens (including phenoxy) is 1. The molecule has 2 aromatic rings. The summed E-state index contributed by atoms with van der Waals surface area (Å²) in [5.74, 6) is 0.854. The Hall–Kier alpha value is -2.20. The van der Waals surface area contributed by atoms with Crippen LogP contribution in [-0.4, -0.2) is 19.7 Å². The van der Waals surface area contributed by atoms with Crippen LogP contribution in [0.3, 0.4) is 0 Å². The minimum absolute atomic E-state index is 0.167. The molecule has 0 atom stereocenters. The third kappa shape index (κ3) is 6.20. The molecule has 2 rings (SSSR count). The van der Waals surface area contributed by atoms with E-state index in [0.29, 0.717) is 18.1 Å². The second kappa shape index (κ2) is 9.06. The highest BCUT2D eigenvalue weighted by Crippen LogP contribution is 2.12. The smallest absolute Gasteiger partial charge is 0.315 e. The Morgan fingerprint density at radius 1 is 1.09 bits per heavy atom. The van der Waals surface area contributed by atoms with Gasteiger partial charge in [0.15, 0.2) is 0 Å². The van der Waals surface area contributed by atoms with Crippen molar-refractivity contribution in [1.82, 2.24) is 10.6 Å². The summed E-state index contributed by atoms with van der Waals surface area (Å²) in [6.45, 7) is 1.10. The number of amides is 2. The number of hydrogen-bond acceptors (Lipinski definition) is 2. The fraction of sp³-hybridized carbons (Fsp3) is 0.278. The van der Waals surface area contributed by atoms with Crippen molar-refractivity contribution in [2.75, 3.05) is 13.7 Å². The van der Waals surface area contributed by atoms with Crippen molar-refractivity contribution in [2.45, 2.75) is 19.4 Å². The molecule has 122 valence electrons. The minimum atomic E-state index is -0.167. The van der Waals surface area contributed by atoms with E-state index in [1.807, 2.05) is 48.5 Å². The Morgan fingerprint density at radius 3 is 2.57 bits per heavy atom. The SMILES string of the molecule is COc1ccc(CCCNC(=O)NCc2cccc(Cl)c2)cc1. The van der Waals surface area contributed by atoms with Crippen LogP contribution in [0.5, 0.6) is 5.75 Å². The van der Waals surface area contributed by atoms with E-state index in [1.54, 1.807) is 7.11 Å². The van der Waals surface area contributed by atoms with Gasteiger partial charge >= 0.3 is 6.03 Å². The number of carbonyl (C=O) groups is 1. The molecule has 0 aliphatic carbocycles. The summed E-state index contributed by atoms with van der Waals surface area (Å²) in [7, 11) is 1.65. The van der Waals surface area contributed by atoms with Gasteiger partial charge in [-0.1, -0.05) is 35.9 Å². The molecule has 0 aromatic heterocycles. The van der Waals surface area contributed by atoms with Crippen molar-refractivity contribution in [3.8, 4) is 5.75 Å². The molecule has 2 aromatic carbocycles. The van der Waals surface area contributed by atoms with Crippen molar-refractivity contribution in [3.05, 3.63) is 64.7 Å². The van der Waals surface area contributed by atoms with Gasteiger partial charge in [0.25, 0.3) is 0 Å². The van der Waals surface area contributed by atoms with E-state index in [1.165, 1.54) is 5.56 Å². The van der Waals surface area contributed by atoms with Crippen LogP contribution >= 0.6 is 11.6 Å². The van der Waals surface area contributed by atoms with E-state index in [0.717, 1.165) is 24.2 Å². The molecule has 4 nitrogen and oxygen atoms in total. The number of halogens is 1. The van der Waals surface area contributed by atoms with E-state index in [2.05, 4.69) is 10.6 Å². The van der Waals surface area contributed by atoms with E-state index in [9.17, 15) is 4.79 Å². The fourth-order valence-electron chi connectivity index (χ4n) is 2.18. The van der Waals surface area contributed by atoms with Gasteiger partial charge in [0, 0.05) is 18.1 Å². The van der Waals surface area contributed by atoms with Crippen molar-refractivity contribution in [1.29, 1.82) is 0 Å². The summed E-state index contributed by atoms with van der Waals surface area (Å²) in [6, 6.07) is 15.2. The number of urea groups is 1. The first-order valence-corrected chi connectivity index (χ1v) is 7.94. The summed E-state index contributed by atoms with van der Waals surface area (Å²) in [5.41, 5.74) is 2.21. The molecule has 0 heterocycles. The Kier molecular flexibility index (Phi) is 6.76. The highest BCUT2D eigenvalue weighted by Gasteiger charge is 2.01. The van der Waals surface area contributed by atoms with Gasteiger partial charge in [-0.3, -0.25) is 0 Å². The Balaban J connectivity index is 1.62. The van der Waals surface area contributed by atoms with Crippen LogP contribution in [0.4, 0.5) is 4.79 Å². The third-order valence-corrected chi connectivity index (χ3v) is 3.66. The minimum Gasteiger partial charge on any atom is -0.497 e. The van der Waals surface area contributed by atoms with E-state index in [4.69, 9.17) is 16.3 Å². The maximum atomic E-state index is 11.7. The predicted molar refractivity (Wildman–Crippen MR) is 93.0 cm³/mol. The van der Waals surface area contributed by atoms with Crippen LogP contribution in [-0.2, 0) is 13.0 Å². The van der Waals surface area contributed by atoms with Crippen molar-refractivity contribution in [2.24, 2.45) is 0 Å². The fourth-order valence-corrected chi connectivity index (χ4v) is 2.39. The topological polar surface area (TPSA) is 50.4 Å². The predicted octanol–water partition coefficient (Wildman–Crippen LogP) is 3.78. The molecule has 0 aliphatic rings. The number of hydrogen-bond donors (Lipinski definition) is 2. The summed E-state index contributed by atoms with van der Waals surface area (Å²) in [5, 5.41) is 6.34. The molecule has 2 N–H and O–H groups in total. The summed E-state index contributed by atoms with van der Waals surface area (Å²) in [4.78, 5) is 11.7. The first-order chi connectivity index (χ1) is 11.2. The van der Waals surface area contributed by atoms with Crippen LogP contribution in [0, 0.1) is 0 Å². The number of methoxy groups -OCH3 is 1. The van der Waals surface area contributed by atoms with Crippen molar-refractivity contribution >= 4 is 17.6 Å². The van der Waals surface area contributed by atoms with Crippen LogP contribution in [0.1, 0.15) is 17.5 Å². The lowest BCUT2D eigenvalue weighted by atomic mass is 10.1. The molecule has 0 fully saturated rings. The molecule has 0 spiro atoms. The number of aryl methyl sites for hydroxylation is 1. The summed E-state index contributed by atoms with van der Waals surface area (Å²) in [6.07, 6.45) is 1.80. The zero-order valence-corrected chi connectivity index (χ0v) is 13.9. The Bertz CT molecular complexity index is 629. The summed E-state index contributed by atoms with van der Waals surface area (Å²) >= 11 is 5.90. The molecular formula is C18H21ClN2O2. The normalized spacial score (nSPS) is 10.2. The molecule has 5 heteroatoms. The van der Waals surface area contributed by atoms with Crippen LogP contribution in [0.2, 0.25) is 5.02 Å².